The number of Topliss-reactive ketones (excluding diaryl/α,β-unsaturated/α-hetero) is 1. The third-order valence-corrected chi connectivity index (χ3v) is 3.44. The van der Waals surface area contributed by atoms with Crippen molar-refractivity contribution in [1.29, 1.82) is 0 Å². The fraction of sp³-hybridized carbons (Fsp3) is 0.222. The predicted molar refractivity (Wildman–Crippen MR) is 92.9 cm³/mol. The second-order valence-electron chi connectivity index (χ2n) is 5.38. The van der Waals surface area contributed by atoms with Crippen molar-refractivity contribution in [3.8, 4) is 5.75 Å². The van der Waals surface area contributed by atoms with Gasteiger partial charge in [0, 0.05) is 29.8 Å². The van der Waals surface area contributed by atoms with Gasteiger partial charge in [0.1, 0.15) is 5.75 Å². The Bertz CT molecular complexity index is 754. The molecule has 0 aliphatic rings. The molecule has 2 rings (SSSR count). The van der Waals surface area contributed by atoms with Crippen LogP contribution in [0.3, 0.4) is 0 Å². The van der Waals surface area contributed by atoms with Crippen molar-refractivity contribution in [2.75, 3.05) is 11.9 Å². The maximum atomic E-state index is 11.8. The molecule has 0 aromatic heterocycles. The lowest BCUT2D eigenvalue weighted by Crippen LogP contribution is -2.12. The molecule has 0 fully saturated rings. The SMILES string of the molecule is CC(=O)c1ccc(OCCCC(=O)Nc2ccc([N+](=O)[O-])cc2)cc1. The number of hydrogen-bond acceptors (Lipinski definition) is 5. The summed E-state index contributed by atoms with van der Waals surface area (Å²) in [7, 11) is 0. The van der Waals surface area contributed by atoms with E-state index < -0.39 is 4.92 Å². The van der Waals surface area contributed by atoms with E-state index in [2.05, 4.69) is 5.32 Å². The molecular formula is C18H18N2O5. The Balaban J connectivity index is 1.71. The molecule has 0 atom stereocenters. The minimum Gasteiger partial charge on any atom is -0.494 e. The molecule has 130 valence electrons. The van der Waals surface area contributed by atoms with E-state index in [4.69, 9.17) is 4.74 Å². The zero-order valence-electron chi connectivity index (χ0n) is 13.7. The maximum Gasteiger partial charge on any atom is 0.269 e. The van der Waals surface area contributed by atoms with Crippen LogP contribution in [0.25, 0.3) is 0 Å². The Morgan fingerprint density at radius 1 is 1.08 bits per heavy atom. The largest absolute Gasteiger partial charge is 0.494 e. The van der Waals surface area contributed by atoms with Crippen LogP contribution < -0.4 is 10.1 Å². The molecule has 0 radical (unpaired) electrons. The predicted octanol–water partition coefficient (Wildman–Crippen LogP) is 3.60. The van der Waals surface area contributed by atoms with Crippen molar-refractivity contribution in [3.63, 3.8) is 0 Å². The fourth-order valence-electron chi connectivity index (χ4n) is 2.10. The molecule has 1 N–H and O–H groups in total. The van der Waals surface area contributed by atoms with Crippen LogP contribution in [0.15, 0.2) is 48.5 Å². The van der Waals surface area contributed by atoms with Crippen LogP contribution in [0.5, 0.6) is 5.75 Å². The topological polar surface area (TPSA) is 98.5 Å². The first-order valence-electron chi connectivity index (χ1n) is 7.74. The van der Waals surface area contributed by atoms with Crippen molar-refractivity contribution < 1.29 is 19.2 Å². The number of benzene rings is 2. The molecule has 0 spiro atoms. The summed E-state index contributed by atoms with van der Waals surface area (Å²) in [5.74, 6) is 0.444. The molecule has 2 aromatic rings. The van der Waals surface area contributed by atoms with E-state index in [0.29, 0.717) is 30.0 Å². The molecule has 7 heteroatoms. The van der Waals surface area contributed by atoms with Gasteiger partial charge in [0.25, 0.3) is 5.69 Å². The third-order valence-electron chi connectivity index (χ3n) is 3.44. The number of ether oxygens (including phenoxy) is 1. The minimum absolute atomic E-state index is 0.00512. The number of rotatable bonds is 8. The van der Waals surface area contributed by atoms with E-state index in [-0.39, 0.29) is 23.8 Å². The van der Waals surface area contributed by atoms with E-state index in [1.54, 1.807) is 24.3 Å². The number of nitrogens with zero attached hydrogens (tertiary/aromatic N) is 1. The Kier molecular flexibility index (Phi) is 6.22. The minimum atomic E-state index is -0.494. The van der Waals surface area contributed by atoms with Gasteiger partial charge in [-0.1, -0.05) is 0 Å². The standard InChI is InChI=1S/C18H18N2O5/c1-13(21)14-4-10-17(11-5-14)25-12-2-3-18(22)19-15-6-8-16(9-7-15)20(23)24/h4-11H,2-3,12H2,1H3,(H,19,22). The van der Waals surface area contributed by atoms with Crippen LogP contribution in [-0.2, 0) is 4.79 Å². The number of hydrogen-bond donors (Lipinski definition) is 1. The number of carbonyl (C=O) groups is 2. The fourth-order valence-corrected chi connectivity index (χ4v) is 2.10. The summed E-state index contributed by atoms with van der Waals surface area (Å²) >= 11 is 0. The first-order chi connectivity index (χ1) is 12.0. The normalized spacial score (nSPS) is 10.1. The van der Waals surface area contributed by atoms with E-state index in [1.807, 2.05) is 0 Å². The van der Waals surface area contributed by atoms with Crippen LogP contribution in [-0.4, -0.2) is 23.2 Å². The molecule has 0 bridgehead atoms. The van der Waals surface area contributed by atoms with Crippen LogP contribution in [0, 0.1) is 10.1 Å². The second-order valence-corrected chi connectivity index (χ2v) is 5.38. The van der Waals surface area contributed by atoms with Crippen molar-refractivity contribution >= 4 is 23.1 Å². The van der Waals surface area contributed by atoms with E-state index in [9.17, 15) is 19.7 Å². The Morgan fingerprint density at radius 2 is 1.72 bits per heavy atom. The van der Waals surface area contributed by atoms with E-state index in [0.717, 1.165) is 0 Å². The average molecular weight is 342 g/mol. The zero-order valence-corrected chi connectivity index (χ0v) is 13.7. The van der Waals surface area contributed by atoms with Crippen LogP contribution in [0.4, 0.5) is 11.4 Å². The highest BCUT2D eigenvalue weighted by atomic mass is 16.6. The van der Waals surface area contributed by atoms with Crippen LogP contribution in [0.1, 0.15) is 30.1 Å². The molecule has 7 nitrogen and oxygen atoms in total. The number of carbonyl (C=O) groups excluding carboxylic acids is 2. The van der Waals surface area contributed by atoms with Gasteiger partial charge >= 0.3 is 0 Å². The van der Waals surface area contributed by atoms with Crippen LogP contribution >= 0.6 is 0 Å². The summed E-state index contributed by atoms with van der Waals surface area (Å²) in [6.07, 6.45) is 0.787. The number of nitro benzene ring substituents is 1. The number of amides is 1. The molecule has 0 aliphatic heterocycles. The lowest BCUT2D eigenvalue weighted by Gasteiger charge is -2.07. The van der Waals surface area contributed by atoms with Gasteiger partial charge in [-0.2, -0.15) is 0 Å². The Labute approximate surface area is 144 Å². The zero-order chi connectivity index (χ0) is 18.2. The monoisotopic (exact) mass is 342 g/mol. The highest BCUT2D eigenvalue weighted by Gasteiger charge is 2.07. The van der Waals surface area contributed by atoms with Crippen molar-refractivity contribution in [2.45, 2.75) is 19.8 Å². The smallest absolute Gasteiger partial charge is 0.269 e. The molecule has 25 heavy (non-hydrogen) atoms. The maximum absolute atomic E-state index is 11.8. The van der Waals surface area contributed by atoms with Gasteiger partial charge in [-0.3, -0.25) is 19.7 Å². The Hall–Kier alpha value is -3.22. The van der Waals surface area contributed by atoms with Gasteiger partial charge in [0.05, 0.1) is 11.5 Å². The van der Waals surface area contributed by atoms with E-state index >= 15 is 0 Å². The van der Waals surface area contributed by atoms with E-state index in [1.165, 1.54) is 31.2 Å². The molecule has 1 amide bonds. The first-order valence-corrected chi connectivity index (χ1v) is 7.74. The number of nitrogens with one attached hydrogen (secondary N) is 1. The van der Waals surface area contributed by atoms with Gasteiger partial charge in [0.15, 0.2) is 5.78 Å². The molecule has 0 saturated heterocycles. The Morgan fingerprint density at radius 3 is 2.28 bits per heavy atom. The van der Waals surface area contributed by atoms with Crippen LogP contribution in [0.2, 0.25) is 0 Å². The number of ketones is 1. The summed E-state index contributed by atoms with van der Waals surface area (Å²) in [4.78, 5) is 33.1. The lowest BCUT2D eigenvalue weighted by atomic mass is 10.1. The summed E-state index contributed by atoms with van der Waals surface area (Å²) in [5, 5.41) is 13.2. The van der Waals surface area contributed by atoms with Crippen molar-refractivity contribution in [2.24, 2.45) is 0 Å². The highest BCUT2D eigenvalue weighted by molar-refractivity contribution is 5.94. The average Bonchev–Trinajstić information content (AvgIpc) is 2.59. The number of nitro groups is 1. The second kappa shape index (κ2) is 8.58. The first kappa shape index (κ1) is 18.1. The van der Waals surface area contributed by atoms with Gasteiger partial charge in [-0.15, -0.1) is 0 Å². The quantitative estimate of drug-likeness (QED) is 0.342. The van der Waals surface area contributed by atoms with Gasteiger partial charge in [-0.25, -0.2) is 0 Å². The van der Waals surface area contributed by atoms with Gasteiger partial charge in [0.2, 0.25) is 5.91 Å². The molecule has 2 aromatic carbocycles. The van der Waals surface area contributed by atoms with Gasteiger partial charge in [-0.05, 0) is 49.7 Å². The summed E-state index contributed by atoms with van der Waals surface area (Å²) < 4.78 is 5.52. The molecular weight excluding hydrogens is 324 g/mol. The molecule has 0 heterocycles. The summed E-state index contributed by atoms with van der Waals surface area (Å²) in [5.41, 5.74) is 1.10. The highest BCUT2D eigenvalue weighted by Crippen LogP contribution is 2.16. The van der Waals surface area contributed by atoms with Crippen molar-refractivity contribution in [3.05, 3.63) is 64.2 Å². The molecule has 0 saturated carbocycles. The molecule has 0 aliphatic carbocycles. The number of non-ortho nitro benzene ring substituents is 1. The third kappa shape index (κ3) is 5.72. The molecule has 0 unspecified atom stereocenters. The van der Waals surface area contributed by atoms with Crippen molar-refractivity contribution in [1.82, 2.24) is 0 Å². The summed E-state index contributed by atoms with van der Waals surface area (Å²) in [6.45, 7) is 1.87. The lowest BCUT2D eigenvalue weighted by molar-refractivity contribution is -0.384. The summed E-state index contributed by atoms with van der Waals surface area (Å²) in [6, 6.07) is 12.5. The number of anilines is 1. The van der Waals surface area contributed by atoms with Gasteiger partial charge < -0.3 is 10.1 Å².